The number of aliphatic hydroxyl groups is 1. The van der Waals surface area contributed by atoms with Crippen LogP contribution in [0.5, 0.6) is 0 Å². The summed E-state index contributed by atoms with van der Waals surface area (Å²) in [6, 6.07) is 14.4. The molecule has 120 valence electrons. The molecule has 0 saturated carbocycles. The maximum absolute atomic E-state index is 12.2. The first-order chi connectivity index (χ1) is 11.0. The highest BCUT2D eigenvalue weighted by atomic mass is 16.5. The van der Waals surface area contributed by atoms with Crippen LogP contribution in [-0.4, -0.2) is 30.1 Å². The molecule has 0 aliphatic carbocycles. The van der Waals surface area contributed by atoms with E-state index in [1.165, 1.54) is 7.11 Å². The third-order valence-corrected chi connectivity index (χ3v) is 3.51. The molecule has 23 heavy (non-hydrogen) atoms. The number of aryl methyl sites for hydroxylation is 1. The molecule has 2 aromatic rings. The predicted molar refractivity (Wildman–Crippen MR) is 85.9 cm³/mol. The van der Waals surface area contributed by atoms with Gasteiger partial charge in [-0.3, -0.25) is 4.79 Å². The van der Waals surface area contributed by atoms with E-state index < -0.39 is 24.0 Å². The summed E-state index contributed by atoms with van der Waals surface area (Å²) in [4.78, 5) is 24.2. The van der Waals surface area contributed by atoms with Crippen LogP contribution in [0, 0.1) is 6.92 Å². The number of ether oxygens (including phenoxy) is 1. The zero-order valence-corrected chi connectivity index (χ0v) is 13.0. The number of nitrogens with one attached hydrogen (secondary N) is 1. The first-order valence-electron chi connectivity index (χ1n) is 7.21. The molecule has 5 heteroatoms. The minimum atomic E-state index is -1.20. The fourth-order valence-electron chi connectivity index (χ4n) is 2.16. The van der Waals surface area contributed by atoms with Crippen molar-refractivity contribution in [2.75, 3.05) is 7.11 Å². The van der Waals surface area contributed by atoms with Gasteiger partial charge in [-0.2, -0.15) is 0 Å². The summed E-state index contributed by atoms with van der Waals surface area (Å²) >= 11 is 0. The number of amides is 1. The van der Waals surface area contributed by atoms with Crippen molar-refractivity contribution in [2.45, 2.75) is 19.1 Å². The average molecular weight is 313 g/mol. The third-order valence-electron chi connectivity index (χ3n) is 3.51. The highest BCUT2D eigenvalue weighted by molar-refractivity contribution is 5.96. The standard InChI is InChI=1S/C18H19NO4/c1-12-8-10-13(11-9-12)16(20)15(18(22)23-2)19-17(21)14-6-4-3-5-7-14/h3-11,15-16,20H,1-2H3,(H,19,21)/t15-,16-/m1/s1. The van der Waals surface area contributed by atoms with E-state index in [2.05, 4.69) is 5.32 Å². The van der Waals surface area contributed by atoms with Crippen LogP contribution >= 0.6 is 0 Å². The monoisotopic (exact) mass is 313 g/mol. The largest absolute Gasteiger partial charge is 0.467 e. The van der Waals surface area contributed by atoms with Gasteiger partial charge in [0.05, 0.1) is 7.11 Å². The van der Waals surface area contributed by atoms with Gasteiger partial charge in [0.2, 0.25) is 0 Å². The summed E-state index contributed by atoms with van der Waals surface area (Å²) in [5.41, 5.74) is 1.96. The second-order valence-electron chi connectivity index (χ2n) is 5.20. The Morgan fingerprint density at radius 2 is 1.65 bits per heavy atom. The maximum atomic E-state index is 12.2. The van der Waals surface area contributed by atoms with Crippen molar-refractivity contribution in [1.82, 2.24) is 5.32 Å². The summed E-state index contributed by atoms with van der Waals surface area (Å²) in [6.07, 6.45) is -1.20. The molecule has 2 atom stereocenters. The molecule has 0 saturated heterocycles. The van der Waals surface area contributed by atoms with Crippen molar-refractivity contribution in [3.63, 3.8) is 0 Å². The molecule has 0 radical (unpaired) electrons. The number of carbonyl (C=O) groups is 2. The molecule has 0 aliphatic rings. The summed E-state index contributed by atoms with van der Waals surface area (Å²) in [6.45, 7) is 1.92. The van der Waals surface area contributed by atoms with Crippen LogP contribution in [-0.2, 0) is 9.53 Å². The molecule has 0 spiro atoms. The molecule has 0 unspecified atom stereocenters. The van der Waals surface area contributed by atoms with Gasteiger partial charge in [0.1, 0.15) is 6.10 Å². The summed E-state index contributed by atoms with van der Waals surface area (Å²) in [5, 5.41) is 13.0. The summed E-state index contributed by atoms with van der Waals surface area (Å²) in [5.74, 6) is -1.16. The number of esters is 1. The lowest BCUT2D eigenvalue weighted by Crippen LogP contribution is -2.45. The van der Waals surface area contributed by atoms with E-state index in [9.17, 15) is 14.7 Å². The third kappa shape index (κ3) is 4.17. The van der Waals surface area contributed by atoms with Gasteiger partial charge in [0.25, 0.3) is 5.91 Å². The van der Waals surface area contributed by atoms with Crippen LogP contribution in [0.15, 0.2) is 54.6 Å². The van der Waals surface area contributed by atoms with E-state index in [0.29, 0.717) is 11.1 Å². The Morgan fingerprint density at radius 3 is 2.22 bits per heavy atom. The quantitative estimate of drug-likeness (QED) is 0.828. The molecular weight excluding hydrogens is 294 g/mol. The number of rotatable bonds is 5. The number of methoxy groups -OCH3 is 1. The fourth-order valence-corrected chi connectivity index (χ4v) is 2.16. The predicted octanol–water partition coefficient (Wildman–Crippen LogP) is 2.00. The minimum Gasteiger partial charge on any atom is -0.467 e. The lowest BCUT2D eigenvalue weighted by Gasteiger charge is -2.22. The first kappa shape index (κ1) is 16.7. The minimum absolute atomic E-state index is 0.400. The van der Waals surface area contributed by atoms with Crippen molar-refractivity contribution >= 4 is 11.9 Å². The molecule has 0 aliphatic heterocycles. The van der Waals surface area contributed by atoms with Crippen LogP contribution in [0.1, 0.15) is 27.6 Å². The fraction of sp³-hybridized carbons (Fsp3) is 0.222. The van der Waals surface area contributed by atoms with Gasteiger partial charge in [-0.1, -0.05) is 48.0 Å². The van der Waals surface area contributed by atoms with Crippen LogP contribution in [0.4, 0.5) is 0 Å². The lowest BCUT2D eigenvalue weighted by atomic mass is 10.0. The van der Waals surface area contributed by atoms with Gasteiger partial charge in [-0.05, 0) is 24.6 Å². The topological polar surface area (TPSA) is 75.6 Å². The van der Waals surface area contributed by atoms with Crippen molar-refractivity contribution in [1.29, 1.82) is 0 Å². The number of aliphatic hydroxyl groups excluding tert-OH is 1. The second-order valence-corrected chi connectivity index (χ2v) is 5.20. The van der Waals surface area contributed by atoms with Gasteiger partial charge < -0.3 is 15.2 Å². The zero-order chi connectivity index (χ0) is 16.8. The first-order valence-corrected chi connectivity index (χ1v) is 7.21. The van der Waals surface area contributed by atoms with Crippen LogP contribution < -0.4 is 5.32 Å². The summed E-state index contributed by atoms with van der Waals surface area (Å²) < 4.78 is 4.70. The molecular formula is C18H19NO4. The normalized spacial score (nSPS) is 13.0. The Morgan fingerprint density at radius 1 is 1.04 bits per heavy atom. The van der Waals surface area contributed by atoms with Gasteiger partial charge in [0, 0.05) is 5.56 Å². The molecule has 0 heterocycles. The van der Waals surface area contributed by atoms with Crippen molar-refractivity contribution in [3.05, 3.63) is 71.3 Å². The molecule has 0 aromatic heterocycles. The van der Waals surface area contributed by atoms with E-state index in [4.69, 9.17) is 4.74 Å². The Kier molecular flexibility index (Phi) is 5.49. The van der Waals surface area contributed by atoms with E-state index in [-0.39, 0.29) is 0 Å². The van der Waals surface area contributed by atoms with Crippen LogP contribution in [0.3, 0.4) is 0 Å². The highest BCUT2D eigenvalue weighted by Crippen LogP contribution is 2.19. The van der Waals surface area contributed by atoms with E-state index in [0.717, 1.165) is 5.56 Å². The molecule has 2 aromatic carbocycles. The van der Waals surface area contributed by atoms with Crippen molar-refractivity contribution in [3.8, 4) is 0 Å². The van der Waals surface area contributed by atoms with Crippen molar-refractivity contribution < 1.29 is 19.4 Å². The van der Waals surface area contributed by atoms with Crippen molar-refractivity contribution in [2.24, 2.45) is 0 Å². The molecule has 1 amide bonds. The van der Waals surface area contributed by atoms with Gasteiger partial charge in [-0.25, -0.2) is 4.79 Å². The Labute approximate surface area is 134 Å². The molecule has 2 rings (SSSR count). The smallest absolute Gasteiger partial charge is 0.331 e. The zero-order valence-electron chi connectivity index (χ0n) is 13.0. The number of hydrogen-bond donors (Lipinski definition) is 2. The van der Waals surface area contributed by atoms with Crippen LogP contribution in [0.2, 0.25) is 0 Å². The van der Waals surface area contributed by atoms with Crippen LogP contribution in [0.25, 0.3) is 0 Å². The van der Waals surface area contributed by atoms with E-state index in [1.54, 1.807) is 42.5 Å². The van der Waals surface area contributed by atoms with Gasteiger partial charge >= 0.3 is 5.97 Å². The number of hydrogen-bond acceptors (Lipinski definition) is 4. The Hall–Kier alpha value is -2.66. The second kappa shape index (κ2) is 7.56. The van der Waals surface area contributed by atoms with Gasteiger partial charge in [0.15, 0.2) is 6.04 Å². The highest BCUT2D eigenvalue weighted by Gasteiger charge is 2.30. The number of carbonyl (C=O) groups excluding carboxylic acids is 2. The molecule has 0 bridgehead atoms. The SMILES string of the molecule is COC(=O)[C@H](NC(=O)c1ccccc1)[C@H](O)c1ccc(C)cc1. The number of benzene rings is 2. The molecule has 5 nitrogen and oxygen atoms in total. The molecule has 2 N–H and O–H groups in total. The average Bonchev–Trinajstić information content (AvgIpc) is 2.59. The van der Waals surface area contributed by atoms with Gasteiger partial charge in [-0.15, -0.1) is 0 Å². The molecule has 0 fully saturated rings. The summed E-state index contributed by atoms with van der Waals surface area (Å²) in [7, 11) is 1.21. The Balaban J connectivity index is 2.21. The van der Waals surface area contributed by atoms with E-state index >= 15 is 0 Å². The van der Waals surface area contributed by atoms with E-state index in [1.807, 2.05) is 19.1 Å². The Bertz CT molecular complexity index is 667. The lowest BCUT2D eigenvalue weighted by molar-refractivity contribution is -0.146. The maximum Gasteiger partial charge on any atom is 0.331 e.